The Kier molecular flexibility index (Phi) is 7.98. The fraction of sp³-hybridized carbons (Fsp3) is 0.333. The number of pyridine rings is 1. The second-order valence-corrected chi connectivity index (χ2v) is 8.33. The van der Waals surface area contributed by atoms with Gasteiger partial charge in [0.25, 0.3) is 0 Å². The molecule has 0 radical (unpaired) electrons. The molecule has 1 saturated heterocycles. The molecule has 2 heterocycles. The van der Waals surface area contributed by atoms with Gasteiger partial charge in [0.2, 0.25) is 0 Å². The van der Waals surface area contributed by atoms with E-state index < -0.39 is 17.7 Å². The third-order valence-corrected chi connectivity index (χ3v) is 5.93. The minimum Gasteiger partial charge on any atom is -0.462 e. The molecule has 178 valence electrons. The van der Waals surface area contributed by atoms with E-state index in [0.717, 1.165) is 43.3 Å². The number of nitrogens with zero attached hydrogens (tertiary/aromatic N) is 2. The van der Waals surface area contributed by atoms with E-state index in [9.17, 15) is 13.6 Å². The van der Waals surface area contributed by atoms with Gasteiger partial charge in [-0.2, -0.15) is 0 Å². The first-order chi connectivity index (χ1) is 16.5. The van der Waals surface area contributed by atoms with Crippen molar-refractivity contribution in [1.29, 1.82) is 0 Å². The van der Waals surface area contributed by atoms with Gasteiger partial charge in [-0.1, -0.05) is 36.4 Å². The summed E-state index contributed by atoms with van der Waals surface area (Å²) >= 11 is 0. The van der Waals surface area contributed by atoms with Crippen LogP contribution in [-0.2, 0) is 16.0 Å². The lowest BCUT2D eigenvalue weighted by atomic mass is 9.99. The summed E-state index contributed by atoms with van der Waals surface area (Å²) in [6, 6.07) is 17.0. The summed E-state index contributed by atoms with van der Waals surface area (Å²) in [5.74, 6) is -2.10. The lowest BCUT2D eigenvalue weighted by molar-refractivity contribution is -0.0284. The molecule has 2 aromatic carbocycles. The molecule has 1 fully saturated rings. The first kappa shape index (κ1) is 24.0. The van der Waals surface area contributed by atoms with E-state index in [2.05, 4.69) is 9.88 Å². The van der Waals surface area contributed by atoms with Gasteiger partial charge in [-0.15, -0.1) is 0 Å². The average molecular weight is 467 g/mol. The fourth-order valence-electron chi connectivity index (χ4n) is 4.18. The number of carbonyl (C=O) groups excluding carboxylic acids is 1. The fourth-order valence-corrected chi connectivity index (χ4v) is 4.18. The Bertz CT molecular complexity index is 1100. The number of ether oxygens (including phenoxy) is 2. The van der Waals surface area contributed by atoms with E-state index in [-0.39, 0.29) is 12.1 Å². The van der Waals surface area contributed by atoms with Crippen LogP contribution in [0.5, 0.6) is 0 Å². The lowest BCUT2D eigenvalue weighted by Gasteiger charge is -2.34. The Hall–Kier alpha value is -3.16. The molecule has 3 aromatic rings. The third kappa shape index (κ3) is 6.04. The van der Waals surface area contributed by atoms with Crippen molar-refractivity contribution in [1.82, 2.24) is 9.88 Å². The molecule has 1 atom stereocenters. The largest absolute Gasteiger partial charge is 0.462 e. The monoisotopic (exact) mass is 466 g/mol. The van der Waals surface area contributed by atoms with Crippen LogP contribution < -0.4 is 0 Å². The van der Waals surface area contributed by atoms with E-state index in [1.807, 2.05) is 30.3 Å². The maximum atomic E-state index is 13.9. The summed E-state index contributed by atoms with van der Waals surface area (Å²) in [6.07, 6.45) is 2.72. The van der Waals surface area contributed by atoms with Crippen LogP contribution in [0.2, 0.25) is 0 Å². The number of likely N-dealkylation sites (tertiary alicyclic amines) is 1. The van der Waals surface area contributed by atoms with Crippen molar-refractivity contribution < 1.29 is 23.0 Å². The Morgan fingerprint density at radius 3 is 2.50 bits per heavy atom. The minimum absolute atomic E-state index is 0.0200. The summed E-state index contributed by atoms with van der Waals surface area (Å²) in [5, 5.41) is 0. The van der Waals surface area contributed by atoms with Gasteiger partial charge in [-0.25, -0.2) is 13.6 Å². The van der Waals surface area contributed by atoms with Crippen LogP contribution in [0.3, 0.4) is 0 Å². The number of hydrogen-bond donors (Lipinski definition) is 0. The number of benzene rings is 2. The van der Waals surface area contributed by atoms with Gasteiger partial charge < -0.3 is 9.47 Å². The lowest BCUT2D eigenvalue weighted by Crippen LogP contribution is -2.37. The van der Waals surface area contributed by atoms with E-state index >= 15 is 0 Å². The maximum absolute atomic E-state index is 13.9. The van der Waals surface area contributed by atoms with Crippen molar-refractivity contribution in [2.75, 3.05) is 19.7 Å². The normalized spacial score (nSPS) is 15.7. The number of piperidine rings is 1. The molecular weight excluding hydrogens is 438 g/mol. The van der Waals surface area contributed by atoms with Crippen LogP contribution in [0.15, 0.2) is 66.9 Å². The molecule has 0 aliphatic carbocycles. The van der Waals surface area contributed by atoms with Gasteiger partial charge in [0, 0.05) is 25.8 Å². The Morgan fingerprint density at radius 2 is 1.79 bits per heavy atom. The van der Waals surface area contributed by atoms with E-state index in [0.29, 0.717) is 24.3 Å². The molecule has 0 bridgehead atoms. The first-order valence-corrected chi connectivity index (χ1v) is 11.5. The van der Waals surface area contributed by atoms with Crippen LogP contribution >= 0.6 is 0 Å². The molecule has 0 spiro atoms. The predicted octanol–water partition coefficient (Wildman–Crippen LogP) is 5.31. The highest BCUT2D eigenvalue weighted by Gasteiger charge is 2.26. The first-order valence-electron chi connectivity index (χ1n) is 11.5. The summed E-state index contributed by atoms with van der Waals surface area (Å²) < 4.78 is 39.0. The van der Waals surface area contributed by atoms with Crippen molar-refractivity contribution in [2.45, 2.75) is 38.5 Å². The van der Waals surface area contributed by atoms with Crippen LogP contribution in [0.4, 0.5) is 8.78 Å². The molecule has 1 aliphatic heterocycles. The van der Waals surface area contributed by atoms with Crippen LogP contribution in [0, 0.1) is 11.6 Å². The topological polar surface area (TPSA) is 51.7 Å². The smallest absolute Gasteiger partial charge is 0.338 e. The number of esters is 1. The quantitative estimate of drug-likeness (QED) is 0.422. The number of carbonyl (C=O) groups is 1. The van der Waals surface area contributed by atoms with Crippen molar-refractivity contribution >= 4 is 5.97 Å². The van der Waals surface area contributed by atoms with Crippen molar-refractivity contribution in [3.8, 4) is 0 Å². The molecule has 4 rings (SSSR count). The highest BCUT2D eigenvalue weighted by atomic mass is 19.2. The molecule has 1 aliphatic rings. The Balaban J connectivity index is 1.39. The molecule has 0 amide bonds. The summed E-state index contributed by atoms with van der Waals surface area (Å²) in [5.41, 5.74) is 2.81. The third-order valence-electron chi connectivity index (χ3n) is 5.93. The van der Waals surface area contributed by atoms with E-state index in [1.165, 1.54) is 6.07 Å². The van der Waals surface area contributed by atoms with Crippen LogP contribution in [0.25, 0.3) is 0 Å². The summed E-state index contributed by atoms with van der Waals surface area (Å²) in [6.45, 7) is 4.34. The zero-order chi connectivity index (χ0) is 23.9. The number of halogens is 2. The Morgan fingerprint density at radius 1 is 1.03 bits per heavy atom. The molecule has 1 unspecified atom stereocenters. The predicted molar refractivity (Wildman–Crippen MR) is 124 cm³/mol. The van der Waals surface area contributed by atoms with Gasteiger partial charge in [0.05, 0.1) is 24.0 Å². The molecule has 7 heteroatoms. The van der Waals surface area contributed by atoms with E-state index in [1.54, 1.807) is 31.3 Å². The van der Waals surface area contributed by atoms with Gasteiger partial charge in [-0.3, -0.25) is 9.88 Å². The summed E-state index contributed by atoms with van der Waals surface area (Å²) in [7, 11) is 0. The highest BCUT2D eigenvalue weighted by molar-refractivity contribution is 5.89. The average Bonchev–Trinajstić information content (AvgIpc) is 2.86. The second-order valence-electron chi connectivity index (χ2n) is 8.33. The number of aromatic nitrogens is 1. The second kappa shape index (κ2) is 11.3. The highest BCUT2D eigenvalue weighted by Crippen LogP contribution is 2.31. The van der Waals surface area contributed by atoms with Gasteiger partial charge >= 0.3 is 5.97 Å². The van der Waals surface area contributed by atoms with Gasteiger partial charge in [0.15, 0.2) is 11.6 Å². The Labute approximate surface area is 198 Å². The van der Waals surface area contributed by atoms with E-state index in [4.69, 9.17) is 9.47 Å². The van der Waals surface area contributed by atoms with Crippen molar-refractivity contribution in [3.05, 3.63) is 101 Å². The standard InChI is InChI=1S/C27H28F2N2O3/c1-2-33-27(32)21-10-13-30-22(16-21)18-31-14-11-23(12-15-31)34-26(19-6-4-3-5-7-19)20-8-9-24(28)25(29)17-20/h3-10,13,16-17,23,26H,2,11-12,14-15,18H2,1H3. The van der Waals surface area contributed by atoms with Crippen LogP contribution in [-0.4, -0.2) is 41.7 Å². The molecule has 1 aromatic heterocycles. The molecule has 0 N–H and O–H groups in total. The zero-order valence-electron chi connectivity index (χ0n) is 19.1. The molecule has 34 heavy (non-hydrogen) atoms. The molecular formula is C27H28F2N2O3. The number of hydrogen-bond acceptors (Lipinski definition) is 5. The minimum atomic E-state index is -0.880. The summed E-state index contributed by atoms with van der Waals surface area (Å²) in [4.78, 5) is 18.6. The van der Waals surface area contributed by atoms with Gasteiger partial charge in [0.1, 0.15) is 6.10 Å². The van der Waals surface area contributed by atoms with Gasteiger partial charge in [-0.05, 0) is 55.2 Å². The molecule has 5 nitrogen and oxygen atoms in total. The number of rotatable bonds is 8. The van der Waals surface area contributed by atoms with Crippen molar-refractivity contribution in [2.24, 2.45) is 0 Å². The van der Waals surface area contributed by atoms with Crippen LogP contribution in [0.1, 0.15) is 53.0 Å². The maximum Gasteiger partial charge on any atom is 0.338 e. The zero-order valence-corrected chi connectivity index (χ0v) is 19.1. The molecule has 0 saturated carbocycles. The van der Waals surface area contributed by atoms with Crippen molar-refractivity contribution in [3.63, 3.8) is 0 Å². The SMILES string of the molecule is CCOC(=O)c1ccnc(CN2CCC(OC(c3ccccc3)c3ccc(F)c(F)c3)CC2)c1.